The highest BCUT2D eigenvalue weighted by molar-refractivity contribution is 5.91. The van der Waals surface area contributed by atoms with Gasteiger partial charge in [-0.1, -0.05) is 0 Å². The lowest BCUT2D eigenvalue weighted by Crippen LogP contribution is -2.48. The number of hydrogen-bond donors (Lipinski definition) is 1. The number of rotatable bonds is 3. The van der Waals surface area contributed by atoms with Crippen molar-refractivity contribution in [2.24, 2.45) is 13.0 Å². The van der Waals surface area contributed by atoms with Gasteiger partial charge in [0.15, 0.2) is 5.69 Å². The smallest absolute Gasteiger partial charge is 0.410 e. The Morgan fingerprint density at radius 3 is 2.67 bits per heavy atom. The second kappa shape index (κ2) is 7.19. The molecule has 0 bridgehead atoms. The third-order valence-corrected chi connectivity index (χ3v) is 4.00. The Hall–Kier alpha value is -2.12. The number of carbonyl (C=O) groups excluding carboxylic acids is 2. The van der Waals surface area contributed by atoms with Gasteiger partial charge in [0.2, 0.25) is 0 Å². The molecule has 1 aromatic heterocycles. The first kappa shape index (κ1) is 18.2. The molecule has 2 heterocycles. The van der Waals surface area contributed by atoms with Gasteiger partial charge in [0.25, 0.3) is 5.91 Å². The molecule has 2 unspecified atom stereocenters. The average molecular weight is 337 g/mol. The van der Waals surface area contributed by atoms with Crippen LogP contribution in [-0.2, 0) is 11.8 Å². The zero-order valence-corrected chi connectivity index (χ0v) is 15.1. The van der Waals surface area contributed by atoms with Gasteiger partial charge in [-0.05, 0) is 46.5 Å². The van der Waals surface area contributed by atoms with Gasteiger partial charge >= 0.3 is 6.09 Å². The van der Waals surface area contributed by atoms with Crippen LogP contribution in [0.1, 0.15) is 51.0 Å². The predicted octanol–water partition coefficient (Wildman–Crippen LogP) is 1.58. The van der Waals surface area contributed by atoms with Crippen LogP contribution in [-0.4, -0.2) is 56.6 Å². The average Bonchev–Trinajstić information content (AvgIpc) is 2.89. The Kier molecular flexibility index (Phi) is 5.46. The number of nitrogens with zero attached hydrogens (tertiary/aromatic N) is 4. The number of amides is 2. The summed E-state index contributed by atoms with van der Waals surface area (Å²) in [4.78, 5) is 27.3. The largest absolute Gasteiger partial charge is 0.444 e. The molecule has 1 fully saturated rings. The molecule has 2 rings (SSSR count). The van der Waals surface area contributed by atoms with Gasteiger partial charge in [0, 0.05) is 26.2 Å². The number of likely N-dealkylation sites (tertiary alicyclic amines) is 1. The summed E-state index contributed by atoms with van der Waals surface area (Å²) < 4.78 is 5.44. The van der Waals surface area contributed by atoms with Gasteiger partial charge in [-0.25, -0.2) is 4.79 Å². The quantitative estimate of drug-likeness (QED) is 0.904. The number of aryl methyl sites for hydroxylation is 1. The molecule has 1 aromatic rings. The molecule has 0 saturated carbocycles. The van der Waals surface area contributed by atoms with Gasteiger partial charge < -0.3 is 15.0 Å². The van der Waals surface area contributed by atoms with E-state index in [0.717, 1.165) is 12.8 Å². The van der Waals surface area contributed by atoms with E-state index in [1.165, 1.54) is 11.0 Å². The fraction of sp³-hybridized carbons (Fsp3) is 0.750. The Morgan fingerprint density at radius 1 is 1.42 bits per heavy atom. The summed E-state index contributed by atoms with van der Waals surface area (Å²) in [6, 6.07) is 0.0898. The number of aromatic nitrogens is 3. The molecule has 8 nitrogen and oxygen atoms in total. The van der Waals surface area contributed by atoms with Gasteiger partial charge in [-0.3, -0.25) is 4.79 Å². The number of piperidine rings is 1. The highest BCUT2D eigenvalue weighted by atomic mass is 16.6. The van der Waals surface area contributed by atoms with Crippen molar-refractivity contribution in [2.75, 3.05) is 13.1 Å². The molecule has 0 aromatic carbocycles. The fourth-order valence-electron chi connectivity index (χ4n) is 2.82. The van der Waals surface area contributed by atoms with Crippen LogP contribution in [0.25, 0.3) is 0 Å². The second-order valence-corrected chi connectivity index (χ2v) is 7.34. The maximum atomic E-state index is 12.2. The second-order valence-electron chi connectivity index (χ2n) is 7.34. The van der Waals surface area contributed by atoms with E-state index in [9.17, 15) is 9.59 Å². The summed E-state index contributed by atoms with van der Waals surface area (Å²) in [5.41, 5.74) is -0.171. The van der Waals surface area contributed by atoms with Crippen molar-refractivity contribution in [3.8, 4) is 0 Å². The monoisotopic (exact) mass is 337 g/mol. The fourth-order valence-corrected chi connectivity index (χ4v) is 2.82. The molecule has 2 amide bonds. The lowest BCUT2D eigenvalue weighted by molar-refractivity contribution is 0.00711. The number of nitrogens with one attached hydrogen (secondary N) is 1. The van der Waals surface area contributed by atoms with Crippen molar-refractivity contribution < 1.29 is 14.3 Å². The maximum absolute atomic E-state index is 12.2. The Labute approximate surface area is 142 Å². The molecule has 24 heavy (non-hydrogen) atoms. The predicted molar refractivity (Wildman–Crippen MR) is 88.5 cm³/mol. The van der Waals surface area contributed by atoms with Crippen LogP contribution in [0.2, 0.25) is 0 Å². The summed E-state index contributed by atoms with van der Waals surface area (Å²) in [6.45, 7) is 8.82. The van der Waals surface area contributed by atoms with E-state index >= 15 is 0 Å². The van der Waals surface area contributed by atoms with Gasteiger partial charge in [-0.2, -0.15) is 9.90 Å². The summed E-state index contributed by atoms with van der Waals surface area (Å²) in [5, 5.41) is 10.8. The standard InChI is InChI=1S/C16H27N5O3/c1-11-8-12(6-7-21(11)15(23)24-16(2,3)4)9-17-14(22)13-10-18-20(5)19-13/h10-12H,6-9H2,1-5H3,(H,17,22). The van der Waals surface area contributed by atoms with E-state index in [0.29, 0.717) is 24.7 Å². The molecular weight excluding hydrogens is 310 g/mol. The molecule has 134 valence electrons. The molecule has 0 spiro atoms. The Balaban J connectivity index is 1.80. The van der Waals surface area contributed by atoms with Crippen LogP contribution in [0.4, 0.5) is 4.79 Å². The van der Waals surface area contributed by atoms with Crippen LogP contribution in [0.5, 0.6) is 0 Å². The molecule has 1 aliphatic rings. The highest BCUT2D eigenvalue weighted by Crippen LogP contribution is 2.24. The molecule has 1 N–H and O–H groups in total. The maximum Gasteiger partial charge on any atom is 0.410 e. The van der Waals surface area contributed by atoms with Gasteiger partial charge in [0.1, 0.15) is 5.60 Å². The molecule has 8 heteroatoms. The van der Waals surface area contributed by atoms with E-state index in [4.69, 9.17) is 4.74 Å². The van der Waals surface area contributed by atoms with Gasteiger partial charge in [0.05, 0.1) is 6.20 Å². The van der Waals surface area contributed by atoms with E-state index in [1.807, 2.05) is 27.7 Å². The van der Waals surface area contributed by atoms with Crippen molar-refractivity contribution in [3.63, 3.8) is 0 Å². The van der Waals surface area contributed by atoms with E-state index in [2.05, 4.69) is 15.5 Å². The third-order valence-electron chi connectivity index (χ3n) is 4.00. The van der Waals surface area contributed by atoms with E-state index in [1.54, 1.807) is 11.9 Å². The first-order chi connectivity index (χ1) is 11.2. The number of ether oxygens (including phenoxy) is 1. The van der Waals surface area contributed by atoms with Gasteiger partial charge in [-0.15, -0.1) is 5.10 Å². The summed E-state index contributed by atoms with van der Waals surface area (Å²) in [6.07, 6.45) is 2.85. The summed E-state index contributed by atoms with van der Waals surface area (Å²) >= 11 is 0. The van der Waals surface area contributed by atoms with Crippen molar-refractivity contribution in [1.29, 1.82) is 0 Å². The number of hydrogen-bond acceptors (Lipinski definition) is 5. The van der Waals surface area contributed by atoms with Crippen LogP contribution < -0.4 is 5.32 Å². The summed E-state index contributed by atoms with van der Waals surface area (Å²) in [7, 11) is 1.67. The molecule has 0 radical (unpaired) electrons. The Morgan fingerprint density at radius 2 is 2.12 bits per heavy atom. The lowest BCUT2D eigenvalue weighted by atomic mass is 9.92. The molecule has 0 aliphatic carbocycles. The minimum absolute atomic E-state index is 0.0898. The zero-order valence-electron chi connectivity index (χ0n) is 15.1. The topological polar surface area (TPSA) is 89.4 Å². The van der Waals surface area contributed by atoms with Crippen molar-refractivity contribution in [3.05, 3.63) is 11.9 Å². The SMILES string of the molecule is CC1CC(CNC(=O)c2cnn(C)n2)CCN1C(=O)OC(C)(C)C. The van der Waals surface area contributed by atoms with Crippen LogP contribution in [0.3, 0.4) is 0 Å². The molecule has 1 saturated heterocycles. The highest BCUT2D eigenvalue weighted by Gasteiger charge is 2.31. The Bertz CT molecular complexity index is 593. The lowest BCUT2D eigenvalue weighted by Gasteiger charge is -2.38. The number of carbonyl (C=O) groups is 2. The van der Waals surface area contributed by atoms with E-state index < -0.39 is 5.60 Å². The molecular formula is C16H27N5O3. The first-order valence-corrected chi connectivity index (χ1v) is 8.30. The van der Waals surface area contributed by atoms with Crippen molar-refractivity contribution in [1.82, 2.24) is 25.2 Å². The summed E-state index contributed by atoms with van der Waals surface area (Å²) in [5.74, 6) is 0.115. The van der Waals surface area contributed by atoms with Crippen LogP contribution in [0, 0.1) is 5.92 Å². The minimum Gasteiger partial charge on any atom is -0.444 e. The minimum atomic E-state index is -0.488. The van der Waals surface area contributed by atoms with Crippen LogP contribution >= 0.6 is 0 Å². The van der Waals surface area contributed by atoms with Crippen LogP contribution in [0.15, 0.2) is 6.20 Å². The third kappa shape index (κ3) is 4.94. The zero-order chi connectivity index (χ0) is 17.9. The normalized spacial score (nSPS) is 21.5. The molecule has 1 aliphatic heterocycles. The first-order valence-electron chi connectivity index (χ1n) is 8.30. The van der Waals surface area contributed by atoms with Crippen molar-refractivity contribution >= 4 is 12.0 Å². The van der Waals surface area contributed by atoms with E-state index in [-0.39, 0.29) is 18.0 Å². The molecule has 2 atom stereocenters. The van der Waals surface area contributed by atoms with Crippen molar-refractivity contribution in [2.45, 2.75) is 52.2 Å².